The van der Waals surface area contributed by atoms with Crippen LogP contribution < -0.4 is 9.47 Å². The summed E-state index contributed by atoms with van der Waals surface area (Å²) in [6, 6.07) is 22.2. The Hall–Kier alpha value is -3.31. The summed E-state index contributed by atoms with van der Waals surface area (Å²) in [5.74, 6) is 0.723. The molecule has 1 N–H and O–H groups in total. The van der Waals surface area contributed by atoms with Crippen LogP contribution in [0.15, 0.2) is 66.7 Å². The van der Waals surface area contributed by atoms with Crippen molar-refractivity contribution in [3.8, 4) is 11.5 Å². The summed E-state index contributed by atoms with van der Waals surface area (Å²) in [6.45, 7) is 3.07. The molecule has 0 atom stereocenters. The molecule has 0 unspecified atom stereocenters. The van der Waals surface area contributed by atoms with Gasteiger partial charge in [0.1, 0.15) is 6.61 Å². The third-order valence-electron chi connectivity index (χ3n) is 5.57. The number of carboxylic acids is 1. The summed E-state index contributed by atoms with van der Waals surface area (Å²) in [5, 5.41) is 9.03. The lowest BCUT2D eigenvalue weighted by Crippen LogP contribution is -2.30. The molecule has 1 aliphatic rings. The highest BCUT2D eigenvalue weighted by atomic mass is 16.5. The predicted octanol–water partition coefficient (Wildman–Crippen LogP) is 4.46. The van der Waals surface area contributed by atoms with Gasteiger partial charge in [0.2, 0.25) is 0 Å². The zero-order chi connectivity index (χ0) is 21.6. The van der Waals surface area contributed by atoms with Gasteiger partial charge in [-0.3, -0.25) is 9.69 Å². The molecule has 1 aliphatic heterocycles. The van der Waals surface area contributed by atoms with Crippen LogP contribution in [0.25, 0.3) is 0 Å². The molecule has 0 amide bonds. The van der Waals surface area contributed by atoms with Crippen molar-refractivity contribution in [1.29, 1.82) is 0 Å². The molecule has 3 aromatic rings. The van der Waals surface area contributed by atoms with Crippen LogP contribution in [0.1, 0.15) is 27.8 Å². The summed E-state index contributed by atoms with van der Waals surface area (Å²) in [7, 11) is 1.67. The monoisotopic (exact) mass is 417 g/mol. The Morgan fingerprint density at radius 2 is 1.68 bits per heavy atom. The minimum atomic E-state index is -0.804. The van der Waals surface area contributed by atoms with Gasteiger partial charge in [0.15, 0.2) is 11.5 Å². The van der Waals surface area contributed by atoms with E-state index in [4.69, 9.17) is 14.6 Å². The lowest BCUT2D eigenvalue weighted by atomic mass is 9.98. The first-order valence-corrected chi connectivity index (χ1v) is 10.5. The summed E-state index contributed by atoms with van der Waals surface area (Å²) >= 11 is 0. The van der Waals surface area contributed by atoms with Crippen molar-refractivity contribution in [3.05, 3.63) is 94.5 Å². The van der Waals surface area contributed by atoms with Crippen LogP contribution >= 0.6 is 0 Å². The standard InChI is InChI=1S/C26H27NO4/c1-30-24-15-23-17-27(16-21-9-5-8-20(12-21)13-26(28)29)11-10-22(23)14-25(24)31-18-19-6-3-2-4-7-19/h2-9,12,14-15H,10-11,13,16-18H2,1H3,(H,28,29). The summed E-state index contributed by atoms with van der Waals surface area (Å²) < 4.78 is 11.7. The Morgan fingerprint density at radius 3 is 2.45 bits per heavy atom. The number of nitrogens with zero attached hydrogens (tertiary/aromatic N) is 1. The highest BCUT2D eigenvalue weighted by Crippen LogP contribution is 2.34. The summed E-state index contributed by atoms with van der Waals surface area (Å²) in [4.78, 5) is 13.4. The van der Waals surface area contributed by atoms with Crippen LogP contribution in [0.3, 0.4) is 0 Å². The van der Waals surface area contributed by atoms with Crippen molar-refractivity contribution in [1.82, 2.24) is 4.90 Å². The molecule has 1 heterocycles. The van der Waals surface area contributed by atoms with E-state index in [1.807, 2.05) is 48.5 Å². The molecule has 0 spiro atoms. The number of aliphatic carboxylic acids is 1. The number of fused-ring (bicyclic) bond motifs is 1. The molecular weight excluding hydrogens is 390 g/mol. The van der Waals surface area contributed by atoms with Crippen molar-refractivity contribution >= 4 is 5.97 Å². The van der Waals surface area contributed by atoms with E-state index in [9.17, 15) is 4.79 Å². The first-order valence-electron chi connectivity index (χ1n) is 10.5. The third kappa shape index (κ3) is 5.44. The van der Waals surface area contributed by atoms with Gasteiger partial charge in [0, 0.05) is 19.6 Å². The average molecular weight is 418 g/mol. The number of methoxy groups -OCH3 is 1. The molecule has 0 saturated carbocycles. The van der Waals surface area contributed by atoms with Gasteiger partial charge < -0.3 is 14.6 Å². The van der Waals surface area contributed by atoms with Gasteiger partial charge in [-0.2, -0.15) is 0 Å². The van der Waals surface area contributed by atoms with Crippen LogP contribution in [0, 0.1) is 0 Å². The highest BCUT2D eigenvalue weighted by molar-refractivity contribution is 5.70. The Bertz CT molecular complexity index is 1050. The Kier molecular flexibility index (Phi) is 6.53. The van der Waals surface area contributed by atoms with Crippen molar-refractivity contribution in [3.63, 3.8) is 0 Å². The Balaban J connectivity index is 1.45. The molecule has 0 fully saturated rings. The van der Waals surface area contributed by atoms with Gasteiger partial charge in [-0.15, -0.1) is 0 Å². The molecule has 160 valence electrons. The fraction of sp³-hybridized carbons (Fsp3) is 0.269. The molecule has 0 bridgehead atoms. The van der Waals surface area contributed by atoms with E-state index < -0.39 is 5.97 Å². The van der Waals surface area contributed by atoms with E-state index in [-0.39, 0.29) is 6.42 Å². The normalized spacial score (nSPS) is 13.5. The molecule has 5 heteroatoms. The van der Waals surface area contributed by atoms with Crippen LogP contribution in [0.5, 0.6) is 11.5 Å². The molecular formula is C26H27NO4. The fourth-order valence-electron chi connectivity index (χ4n) is 4.04. The van der Waals surface area contributed by atoms with Gasteiger partial charge in [0.05, 0.1) is 13.5 Å². The molecule has 0 aliphatic carbocycles. The highest BCUT2D eigenvalue weighted by Gasteiger charge is 2.20. The molecule has 0 saturated heterocycles. The lowest BCUT2D eigenvalue weighted by molar-refractivity contribution is -0.136. The number of hydrogen-bond donors (Lipinski definition) is 1. The third-order valence-corrected chi connectivity index (χ3v) is 5.57. The minimum Gasteiger partial charge on any atom is -0.493 e. The van der Waals surface area contributed by atoms with E-state index in [0.29, 0.717) is 6.61 Å². The second kappa shape index (κ2) is 9.67. The first-order chi connectivity index (χ1) is 15.1. The lowest BCUT2D eigenvalue weighted by Gasteiger charge is -2.29. The largest absolute Gasteiger partial charge is 0.493 e. The molecule has 0 aromatic heterocycles. The summed E-state index contributed by atoms with van der Waals surface area (Å²) in [5.41, 5.74) is 5.64. The first kappa shape index (κ1) is 20.9. The topological polar surface area (TPSA) is 59.0 Å². The Labute approximate surface area is 182 Å². The van der Waals surface area contributed by atoms with E-state index in [1.54, 1.807) is 7.11 Å². The van der Waals surface area contributed by atoms with Gasteiger partial charge in [-0.05, 0) is 46.4 Å². The van der Waals surface area contributed by atoms with Gasteiger partial charge in [-0.1, -0.05) is 54.6 Å². The van der Waals surface area contributed by atoms with Crippen molar-refractivity contribution in [2.75, 3.05) is 13.7 Å². The number of carbonyl (C=O) groups is 1. The molecule has 3 aromatic carbocycles. The van der Waals surface area contributed by atoms with Crippen molar-refractivity contribution < 1.29 is 19.4 Å². The van der Waals surface area contributed by atoms with Crippen LogP contribution in [-0.4, -0.2) is 29.6 Å². The second-order valence-electron chi connectivity index (χ2n) is 7.90. The molecule has 31 heavy (non-hydrogen) atoms. The maximum absolute atomic E-state index is 11.0. The molecule has 0 radical (unpaired) electrons. The average Bonchev–Trinajstić information content (AvgIpc) is 2.77. The number of hydrogen-bond acceptors (Lipinski definition) is 4. The van der Waals surface area contributed by atoms with Crippen molar-refractivity contribution in [2.24, 2.45) is 0 Å². The summed E-state index contributed by atoms with van der Waals surface area (Å²) in [6.07, 6.45) is 0.996. The Morgan fingerprint density at radius 1 is 0.935 bits per heavy atom. The van der Waals surface area contributed by atoms with Gasteiger partial charge in [0.25, 0.3) is 0 Å². The molecule has 4 rings (SSSR count). The zero-order valence-corrected chi connectivity index (χ0v) is 17.7. The molecule has 5 nitrogen and oxygen atoms in total. The van der Waals surface area contributed by atoms with Crippen LogP contribution in [0.4, 0.5) is 0 Å². The van der Waals surface area contributed by atoms with Gasteiger partial charge >= 0.3 is 5.97 Å². The fourth-order valence-corrected chi connectivity index (χ4v) is 4.04. The number of rotatable bonds is 8. The van der Waals surface area contributed by atoms with Crippen LogP contribution in [0.2, 0.25) is 0 Å². The smallest absolute Gasteiger partial charge is 0.307 e. The van der Waals surface area contributed by atoms with Crippen molar-refractivity contribution in [2.45, 2.75) is 32.5 Å². The quantitative estimate of drug-likeness (QED) is 0.586. The second-order valence-corrected chi connectivity index (χ2v) is 7.90. The van der Waals surface area contributed by atoms with E-state index in [2.05, 4.69) is 23.1 Å². The zero-order valence-electron chi connectivity index (χ0n) is 17.7. The van der Waals surface area contributed by atoms with E-state index >= 15 is 0 Å². The van der Waals surface area contributed by atoms with E-state index in [0.717, 1.165) is 54.2 Å². The van der Waals surface area contributed by atoms with E-state index in [1.165, 1.54) is 11.1 Å². The number of benzene rings is 3. The van der Waals surface area contributed by atoms with Gasteiger partial charge in [-0.25, -0.2) is 0 Å². The number of ether oxygens (including phenoxy) is 2. The minimum absolute atomic E-state index is 0.0552. The maximum atomic E-state index is 11.0. The predicted molar refractivity (Wildman–Crippen MR) is 119 cm³/mol. The number of carboxylic acid groups (broad SMARTS) is 1. The maximum Gasteiger partial charge on any atom is 0.307 e. The van der Waals surface area contributed by atoms with Crippen LogP contribution in [-0.2, 0) is 37.3 Å². The SMILES string of the molecule is COc1cc2c(cc1OCc1ccccc1)CCN(Cc1cccc(CC(=O)O)c1)C2.